The number of ether oxygens (including phenoxy) is 1. The molecule has 184 valence electrons. The van der Waals surface area contributed by atoms with E-state index in [4.69, 9.17) is 9.57 Å². The van der Waals surface area contributed by atoms with Crippen molar-refractivity contribution in [3.05, 3.63) is 60.4 Å². The van der Waals surface area contributed by atoms with Crippen molar-refractivity contribution in [2.75, 3.05) is 37.7 Å². The minimum absolute atomic E-state index is 0.266. The van der Waals surface area contributed by atoms with Gasteiger partial charge in [-0.15, -0.1) is 0 Å². The van der Waals surface area contributed by atoms with Crippen LogP contribution >= 0.6 is 0 Å². The lowest BCUT2D eigenvalue weighted by Gasteiger charge is -2.34. The molecular formula is C24H27N5O5S. The first-order chi connectivity index (χ1) is 17.0. The molecule has 1 N–H and O–H groups in total. The Morgan fingerprint density at radius 2 is 1.74 bits per heavy atom. The van der Waals surface area contributed by atoms with Crippen LogP contribution in [-0.4, -0.2) is 67.7 Å². The number of aromatic nitrogens is 2. The van der Waals surface area contributed by atoms with E-state index >= 15 is 0 Å². The quantitative estimate of drug-likeness (QED) is 0.516. The highest BCUT2D eigenvalue weighted by molar-refractivity contribution is 7.89. The monoisotopic (exact) mass is 497 g/mol. The van der Waals surface area contributed by atoms with Gasteiger partial charge in [0.25, 0.3) is 5.91 Å². The zero-order chi connectivity index (χ0) is 24.3. The summed E-state index contributed by atoms with van der Waals surface area (Å²) in [6.07, 6.45) is 5.15. The van der Waals surface area contributed by atoms with Crippen LogP contribution in [-0.2, 0) is 19.6 Å². The summed E-state index contributed by atoms with van der Waals surface area (Å²) in [6.45, 7) is 2.14. The maximum Gasteiger partial charge on any atom is 0.278 e. The van der Waals surface area contributed by atoms with Crippen LogP contribution < -0.4 is 10.4 Å². The Balaban J connectivity index is 1.17. The number of amides is 1. The van der Waals surface area contributed by atoms with Gasteiger partial charge in [-0.2, -0.15) is 4.31 Å². The van der Waals surface area contributed by atoms with Crippen LogP contribution in [0, 0.1) is 0 Å². The van der Waals surface area contributed by atoms with Gasteiger partial charge >= 0.3 is 0 Å². The molecular weight excluding hydrogens is 470 g/mol. The summed E-state index contributed by atoms with van der Waals surface area (Å²) in [6, 6.07) is 12.9. The Morgan fingerprint density at radius 3 is 2.46 bits per heavy atom. The van der Waals surface area contributed by atoms with Crippen LogP contribution in [0.4, 0.5) is 5.95 Å². The van der Waals surface area contributed by atoms with Crippen LogP contribution in [0.5, 0.6) is 0 Å². The summed E-state index contributed by atoms with van der Waals surface area (Å²) in [5.41, 5.74) is 2.65. The molecule has 0 spiro atoms. The van der Waals surface area contributed by atoms with E-state index in [0.717, 1.165) is 30.0 Å². The number of fused-ring (bicyclic) bond motifs is 1. The topological polar surface area (TPSA) is 114 Å². The molecule has 2 aliphatic rings. The van der Waals surface area contributed by atoms with Crippen LogP contribution in [0.2, 0.25) is 0 Å². The third kappa shape index (κ3) is 5.27. The second-order valence-corrected chi connectivity index (χ2v) is 10.5. The SMILES string of the molecule is O=C(NOC1CCCCO1)c1cnc(N2CCN(S(=O)(=O)c3ccc4ccccc4c3)CC2)nc1. The van der Waals surface area contributed by atoms with Crippen molar-refractivity contribution in [2.24, 2.45) is 0 Å². The minimum Gasteiger partial charge on any atom is -0.350 e. The lowest BCUT2D eigenvalue weighted by atomic mass is 10.1. The molecule has 1 amide bonds. The third-order valence-electron chi connectivity index (χ3n) is 6.20. The molecule has 3 heterocycles. The number of sulfonamides is 1. The van der Waals surface area contributed by atoms with E-state index in [1.165, 1.54) is 16.7 Å². The predicted molar refractivity (Wildman–Crippen MR) is 129 cm³/mol. The molecule has 11 heteroatoms. The van der Waals surface area contributed by atoms with Crippen LogP contribution in [0.25, 0.3) is 10.8 Å². The van der Waals surface area contributed by atoms with Gasteiger partial charge in [-0.3, -0.25) is 4.79 Å². The van der Waals surface area contributed by atoms with Crippen molar-refractivity contribution in [1.29, 1.82) is 0 Å². The molecule has 2 aliphatic heterocycles. The summed E-state index contributed by atoms with van der Waals surface area (Å²) in [7, 11) is -3.60. The van der Waals surface area contributed by atoms with Crippen LogP contribution in [0.15, 0.2) is 59.8 Å². The number of hydrogen-bond donors (Lipinski definition) is 1. The molecule has 35 heavy (non-hydrogen) atoms. The van der Waals surface area contributed by atoms with Gasteiger partial charge in [-0.1, -0.05) is 30.3 Å². The van der Waals surface area contributed by atoms with Crippen molar-refractivity contribution in [3.63, 3.8) is 0 Å². The molecule has 10 nitrogen and oxygen atoms in total. The fourth-order valence-electron chi connectivity index (χ4n) is 4.19. The number of nitrogens with one attached hydrogen (secondary N) is 1. The fourth-order valence-corrected chi connectivity index (χ4v) is 5.65. The Bertz CT molecular complexity index is 1290. The Hall–Kier alpha value is -3.12. The molecule has 2 aromatic carbocycles. The number of hydrogen-bond acceptors (Lipinski definition) is 8. The summed E-state index contributed by atoms with van der Waals surface area (Å²) in [5, 5.41) is 1.89. The normalized spacial score (nSPS) is 19.5. The standard InChI is InChI=1S/C24H27N5O5S/c30-23(27-34-22-7-3-4-14-33-22)20-16-25-24(26-17-20)28-10-12-29(13-11-28)35(31,32)21-9-8-18-5-1-2-6-19(18)15-21/h1-2,5-6,8-9,15-17,22H,3-4,7,10-14H2,(H,27,30). The summed E-state index contributed by atoms with van der Waals surface area (Å²) < 4.78 is 33.3. The van der Waals surface area contributed by atoms with E-state index in [2.05, 4.69) is 15.4 Å². The van der Waals surface area contributed by atoms with Gasteiger partial charge in [0, 0.05) is 51.6 Å². The molecule has 0 bridgehead atoms. The smallest absolute Gasteiger partial charge is 0.278 e. The fraction of sp³-hybridized carbons (Fsp3) is 0.375. The van der Waals surface area contributed by atoms with E-state index in [9.17, 15) is 13.2 Å². The van der Waals surface area contributed by atoms with Gasteiger partial charge in [-0.05, 0) is 35.7 Å². The lowest BCUT2D eigenvalue weighted by molar-refractivity contribution is -0.186. The second-order valence-electron chi connectivity index (χ2n) is 8.52. The van der Waals surface area contributed by atoms with E-state index < -0.39 is 22.2 Å². The van der Waals surface area contributed by atoms with Crippen molar-refractivity contribution < 1.29 is 22.8 Å². The first-order valence-electron chi connectivity index (χ1n) is 11.6. The number of piperazine rings is 1. The number of nitrogens with zero attached hydrogens (tertiary/aromatic N) is 4. The number of benzene rings is 2. The molecule has 0 radical (unpaired) electrons. The molecule has 0 saturated carbocycles. The highest BCUT2D eigenvalue weighted by Gasteiger charge is 2.29. The first-order valence-corrected chi connectivity index (χ1v) is 13.1. The molecule has 2 saturated heterocycles. The van der Waals surface area contributed by atoms with Crippen molar-refractivity contribution in [3.8, 4) is 0 Å². The zero-order valence-electron chi connectivity index (χ0n) is 19.2. The van der Waals surface area contributed by atoms with Gasteiger partial charge < -0.3 is 9.64 Å². The lowest BCUT2D eigenvalue weighted by Crippen LogP contribution is -2.49. The second kappa shape index (κ2) is 10.2. The van der Waals surface area contributed by atoms with Gasteiger partial charge in [0.1, 0.15) is 0 Å². The van der Waals surface area contributed by atoms with Gasteiger partial charge in [0.2, 0.25) is 16.0 Å². The Morgan fingerprint density at radius 1 is 1.00 bits per heavy atom. The van der Waals surface area contributed by atoms with Crippen molar-refractivity contribution in [2.45, 2.75) is 30.4 Å². The summed E-state index contributed by atoms with van der Waals surface area (Å²) in [5.74, 6) is -0.00198. The van der Waals surface area contributed by atoms with Gasteiger partial charge in [0.15, 0.2) is 6.29 Å². The van der Waals surface area contributed by atoms with Crippen LogP contribution in [0.3, 0.4) is 0 Å². The maximum atomic E-state index is 13.2. The van der Waals surface area contributed by atoms with Crippen LogP contribution in [0.1, 0.15) is 29.6 Å². The molecule has 2 fully saturated rings. The van der Waals surface area contributed by atoms with E-state index in [1.807, 2.05) is 35.2 Å². The zero-order valence-corrected chi connectivity index (χ0v) is 20.0. The third-order valence-corrected chi connectivity index (χ3v) is 8.10. The number of rotatable bonds is 6. The summed E-state index contributed by atoms with van der Waals surface area (Å²) in [4.78, 5) is 28.4. The Labute approximate surface area is 203 Å². The largest absolute Gasteiger partial charge is 0.350 e. The molecule has 3 aromatic rings. The average Bonchev–Trinajstić information content (AvgIpc) is 2.92. The molecule has 1 unspecified atom stereocenters. The van der Waals surface area contributed by atoms with Gasteiger partial charge in [-0.25, -0.2) is 28.7 Å². The first kappa shape index (κ1) is 23.6. The molecule has 1 aromatic heterocycles. The number of anilines is 1. The summed E-state index contributed by atoms with van der Waals surface area (Å²) >= 11 is 0. The highest BCUT2D eigenvalue weighted by Crippen LogP contribution is 2.23. The van der Waals surface area contributed by atoms with E-state index in [0.29, 0.717) is 38.7 Å². The van der Waals surface area contributed by atoms with Gasteiger partial charge in [0.05, 0.1) is 10.5 Å². The number of carbonyl (C=O) groups is 1. The molecule has 1 atom stereocenters. The van der Waals surface area contributed by atoms with Crippen molar-refractivity contribution in [1.82, 2.24) is 19.8 Å². The van der Waals surface area contributed by atoms with Crippen molar-refractivity contribution >= 4 is 32.7 Å². The predicted octanol–water partition coefficient (Wildman–Crippen LogP) is 2.33. The molecule has 5 rings (SSSR count). The van der Waals surface area contributed by atoms with E-state index in [1.54, 1.807) is 12.1 Å². The van der Waals surface area contributed by atoms with E-state index in [-0.39, 0.29) is 10.5 Å². The number of hydroxylamine groups is 1. The maximum absolute atomic E-state index is 13.2. The Kier molecular flexibility index (Phi) is 6.91. The minimum atomic E-state index is -3.60. The molecule has 0 aliphatic carbocycles. The number of carbonyl (C=O) groups excluding carboxylic acids is 1. The average molecular weight is 498 g/mol. The highest BCUT2D eigenvalue weighted by atomic mass is 32.2.